The zero-order valence-corrected chi connectivity index (χ0v) is 16.0. The quantitative estimate of drug-likeness (QED) is 0.740. The molecule has 3 rings (SSSR count). The minimum absolute atomic E-state index is 0.100. The van der Waals surface area contributed by atoms with Gasteiger partial charge in [-0.3, -0.25) is 9.69 Å². The molecule has 146 valence electrons. The number of carbonyl (C=O) groups excluding carboxylic acids is 1. The van der Waals surface area contributed by atoms with E-state index in [0.29, 0.717) is 24.5 Å². The van der Waals surface area contributed by atoms with Crippen LogP contribution in [0.1, 0.15) is 30.2 Å². The van der Waals surface area contributed by atoms with E-state index in [2.05, 4.69) is 38.9 Å². The Labute approximate surface area is 160 Å². The minimum Gasteiger partial charge on any atom is -0.379 e. The van der Waals surface area contributed by atoms with Gasteiger partial charge >= 0.3 is 0 Å². The number of hydrogen-bond donors (Lipinski definition) is 2. The molecule has 0 saturated carbocycles. The lowest BCUT2D eigenvalue weighted by molar-refractivity contribution is -0.118. The maximum atomic E-state index is 12.5. The second-order valence-electron chi connectivity index (χ2n) is 6.81. The first-order valence-electron chi connectivity index (χ1n) is 9.50. The van der Waals surface area contributed by atoms with Crippen molar-refractivity contribution in [2.45, 2.75) is 39.4 Å². The number of hydrogen-bond acceptors (Lipinski definition) is 6. The van der Waals surface area contributed by atoms with E-state index in [-0.39, 0.29) is 11.9 Å². The average Bonchev–Trinajstić information content (AvgIpc) is 3.09. The highest BCUT2D eigenvalue weighted by atomic mass is 16.5. The lowest BCUT2D eigenvalue weighted by Crippen LogP contribution is -2.40. The van der Waals surface area contributed by atoms with E-state index in [0.717, 1.165) is 32.8 Å². The third-order valence-corrected chi connectivity index (χ3v) is 4.76. The first kappa shape index (κ1) is 19.5. The molecule has 1 atom stereocenters. The van der Waals surface area contributed by atoms with Gasteiger partial charge in [-0.25, -0.2) is 0 Å². The molecule has 0 unspecified atom stereocenters. The van der Waals surface area contributed by atoms with E-state index in [4.69, 9.17) is 9.26 Å². The van der Waals surface area contributed by atoms with Crippen LogP contribution in [0.25, 0.3) is 0 Å². The molecule has 1 fully saturated rings. The van der Waals surface area contributed by atoms with Gasteiger partial charge in [-0.15, -0.1) is 0 Å². The molecule has 0 bridgehead atoms. The van der Waals surface area contributed by atoms with Gasteiger partial charge in [-0.05, 0) is 24.5 Å². The first-order chi connectivity index (χ1) is 13.2. The minimum atomic E-state index is -0.293. The number of aromatic nitrogens is 1. The van der Waals surface area contributed by atoms with Crippen LogP contribution in [-0.2, 0) is 22.6 Å². The molecule has 2 N–H and O–H groups in total. The van der Waals surface area contributed by atoms with Crippen molar-refractivity contribution in [3.05, 3.63) is 47.2 Å². The summed E-state index contributed by atoms with van der Waals surface area (Å²) >= 11 is 0. The Morgan fingerprint density at radius 2 is 2.00 bits per heavy atom. The molecule has 1 aliphatic heterocycles. The molecule has 7 nitrogen and oxygen atoms in total. The zero-order chi connectivity index (χ0) is 19.1. The van der Waals surface area contributed by atoms with Gasteiger partial charge in [0.15, 0.2) is 5.82 Å². The number of nitrogens with zero attached hydrogens (tertiary/aromatic N) is 2. The molecule has 7 heteroatoms. The zero-order valence-electron chi connectivity index (χ0n) is 16.0. The van der Waals surface area contributed by atoms with Crippen LogP contribution in [0.3, 0.4) is 0 Å². The maximum Gasteiger partial charge on any atom is 0.242 e. The summed E-state index contributed by atoms with van der Waals surface area (Å²) in [4.78, 5) is 14.9. The second kappa shape index (κ2) is 9.64. The van der Waals surface area contributed by atoms with Gasteiger partial charge in [0.25, 0.3) is 0 Å². The van der Waals surface area contributed by atoms with E-state index < -0.39 is 0 Å². The van der Waals surface area contributed by atoms with E-state index in [1.807, 2.05) is 13.0 Å². The topological polar surface area (TPSA) is 79.6 Å². The van der Waals surface area contributed by atoms with Gasteiger partial charge < -0.3 is 19.9 Å². The van der Waals surface area contributed by atoms with E-state index in [1.165, 1.54) is 11.1 Å². The highest BCUT2D eigenvalue weighted by molar-refractivity contribution is 5.93. The van der Waals surface area contributed by atoms with E-state index >= 15 is 0 Å². The Morgan fingerprint density at radius 3 is 2.67 bits per heavy atom. The molecule has 0 spiro atoms. The monoisotopic (exact) mass is 372 g/mol. The van der Waals surface area contributed by atoms with Gasteiger partial charge in [0.1, 0.15) is 5.76 Å². The lowest BCUT2D eigenvalue weighted by atomic mass is 10.1. The van der Waals surface area contributed by atoms with Crippen LogP contribution < -0.4 is 10.6 Å². The van der Waals surface area contributed by atoms with Crippen LogP contribution in [0.2, 0.25) is 0 Å². The molecular weight excluding hydrogens is 344 g/mol. The Balaban J connectivity index is 1.58. The number of amides is 1. The molecule has 1 amide bonds. The Kier molecular flexibility index (Phi) is 6.98. The SMILES string of the molecule is CC[C@H](NCc1ccccc1CN1CCOCC1)C(=O)Nc1cc(C)on1. The highest BCUT2D eigenvalue weighted by Crippen LogP contribution is 2.14. The number of nitrogens with one attached hydrogen (secondary N) is 2. The molecule has 1 aliphatic rings. The van der Waals surface area contributed by atoms with Crippen molar-refractivity contribution in [2.24, 2.45) is 0 Å². The number of morpholine rings is 1. The van der Waals surface area contributed by atoms with Crippen molar-refractivity contribution in [1.82, 2.24) is 15.4 Å². The third-order valence-electron chi connectivity index (χ3n) is 4.76. The Hall–Kier alpha value is -2.22. The van der Waals surface area contributed by atoms with E-state index in [1.54, 1.807) is 13.0 Å². The van der Waals surface area contributed by atoms with Crippen LogP contribution >= 0.6 is 0 Å². The normalized spacial score (nSPS) is 16.2. The lowest BCUT2D eigenvalue weighted by Gasteiger charge is -2.27. The van der Waals surface area contributed by atoms with Crippen molar-refractivity contribution in [3.8, 4) is 0 Å². The van der Waals surface area contributed by atoms with Gasteiger partial charge in [-0.1, -0.05) is 36.3 Å². The van der Waals surface area contributed by atoms with Crippen molar-refractivity contribution in [1.29, 1.82) is 0 Å². The molecule has 2 heterocycles. The van der Waals surface area contributed by atoms with Gasteiger partial charge in [0.05, 0.1) is 19.3 Å². The summed E-state index contributed by atoms with van der Waals surface area (Å²) in [5.74, 6) is 1.02. The second-order valence-corrected chi connectivity index (χ2v) is 6.81. The summed E-state index contributed by atoms with van der Waals surface area (Å²) in [6, 6.07) is 9.80. The van der Waals surface area contributed by atoms with Crippen LogP contribution in [0.15, 0.2) is 34.9 Å². The Morgan fingerprint density at radius 1 is 1.26 bits per heavy atom. The maximum absolute atomic E-state index is 12.5. The summed E-state index contributed by atoms with van der Waals surface area (Å²) in [6.45, 7) is 8.83. The number of rotatable bonds is 8. The molecule has 2 aromatic rings. The van der Waals surface area contributed by atoms with Crippen molar-refractivity contribution < 1.29 is 14.1 Å². The third kappa shape index (κ3) is 5.63. The summed E-state index contributed by atoms with van der Waals surface area (Å²) in [7, 11) is 0. The van der Waals surface area contributed by atoms with Gasteiger partial charge in [0.2, 0.25) is 5.91 Å². The van der Waals surface area contributed by atoms with Crippen LogP contribution in [0.4, 0.5) is 5.82 Å². The summed E-state index contributed by atoms with van der Waals surface area (Å²) in [5, 5.41) is 10.00. The van der Waals surface area contributed by atoms with Crippen molar-refractivity contribution >= 4 is 11.7 Å². The largest absolute Gasteiger partial charge is 0.379 e. The molecule has 1 aromatic carbocycles. The molecular formula is C20H28N4O3. The van der Waals surface area contributed by atoms with Crippen LogP contribution in [0, 0.1) is 6.92 Å². The number of aryl methyl sites for hydroxylation is 1. The van der Waals surface area contributed by atoms with Gasteiger partial charge in [-0.2, -0.15) is 0 Å². The predicted molar refractivity (Wildman–Crippen MR) is 103 cm³/mol. The smallest absolute Gasteiger partial charge is 0.242 e. The average molecular weight is 372 g/mol. The number of anilines is 1. The van der Waals surface area contributed by atoms with Crippen LogP contribution in [0.5, 0.6) is 0 Å². The van der Waals surface area contributed by atoms with Crippen molar-refractivity contribution in [2.75, 3.05) is 31.6 Å². The molecule has 0 radical (unpaired) electrons. The van der Waals surface area contributed by atoms with Crippen LogP contribution in [-0.4, -0.2) is 48.3 Å². The first-order valence-corrected chi connectivity index (χ1v) is 9.50. The fourth-order valence-corrected chi connectivity index (χ4v) is 3.18. The highest BCUT2D eigenvalue weighted by Gasteiger charge is 2.18. The molecule has 27 heavy (non-hydrogen) atoms. The summed E-state index contributed by atoms with van der Waals surface area (Å²) in [6.07, 6.45) is 0.689. The summed E-state index contributed by atoms with van der Waals surface area (Å²) < 4.78 is 10.4. The van der Waals surface area contributed by atoms with E-state index in [9.17, 15) is 4.79 Å². The molecule has 1 saturated heterocycles. The molecule has 1 aromatic heterocycles. The fraction of sp³-hybridized carbons (Fsp3) is 0.500. The van der Waals surface area contributed by atoms with Gasteiger partial charge in [0, 0.05) is 32.2 Å². The standard InChI is InChI=1S/C20H28N4O3/c1-3-18(20(25)22-19-12-15(2)27-23-19)21-13-16-6-4-5-7-17(16)14-24-8-10-26-11-9-24/h4-7,12,18,21H,3,8-11,13-14H2,1-2H3,(H,22,23,25)/t18-/m0/s1. The number of benzene rings is 1. The summed E-state index contributed by atoms with van der Waals surface area (Å²) in [5.41, 5.74) is 2.50. The number of carbonyl (C=O) groups is 1. The fourth-order valence-electron chi connectivity index (χ4n) is 3.18. The Bertz CT molecular complexity index is 740. The van der Waals surface area contributed by atoms with Crippen molar-refractivity contribution in [3.63, 3.8) is 0 Å². The molecule has 0 aliphatic carbocycles. The number of ether oxygens (including phenoxy) is 1. The predicted octanol–water partition coefficient (Wildman–Crippen LogP) is 2.32.